The minimum Gasteiger partial charge on any atom is -0.459 e. The van der Waals surface area contributed by atoms with Gasteiger partial charge < -0.3 is 10.1 Å². The largest absolute Gasteiger partial charge is 0.459 e. The van der Waals surface area contributed by atoms with E-state index in [9.17, 15) is 41.7 Å². The zero-order valence-corrected chi connectivity index (χ0v) is 13.6. The van der Waals surface area contributed by atoms with Crippen molar-refractivity contribution in [3.05, 3.63) is 74.6 Å². The van der Waals surface area contributed by atoms with Gasteiger partial charge in [0, 0.05) is 17.7 Å². The third-order valence-corrected chi connectivity index (χ3v) is 3.39. The Morgan fingerprint density at radius 2 is 1.57 bits per heavy atom. The van der Waals surface area contributed by atoms with Gasteiger partial charge in [-0.3, -0.25) is 19.7 Å². The first-order chi connectivity index (χ1) is 13.1. The van der Waals surface area contributed by atoms with Gasteiger partial charge in [0.1, 0.15) is 13.2 Å². The van der Waals surface area contributed by atoms with Crippen LogP contribution in [0.2, 0.25) is 0 Å². The van der Waals surface area contributed by atoms with Crippen LogP contribution in [0, 0.1) is 39.2 Å². The van der Waals surface area contributed by atoms with Crippen LogP contribution >= 0.6 is 0 Å². The van der Waals surface area contributed by atoms with Crippen molar-refractivity contribution in [2.24, 2.45) is 0 Å². The molecule has 0 heterocycles. The molecule has 0 atom stereocenters. The molecule has 7 nitrogen and oxygen atoms in total. The van der Waals surface area contributed by atoms with Crippen LogP contribution in [0.1, 0.15) is 15.9 Å². The van der Waals surface area contributed by atoms with Gasteiger partial charge in [-0.25, -0.2) is 22.0 Å². The molecular formula is C16H9F5N2O5. The summed E-state index contributed by atoms with van der Waals surface area (Å²) in [7, 11) is 0. The number of ether oxygens (including phenoxy) is 1. The second kappa shape index (κ2) is 8.41. The van der Waals surface area contributed by atoms with Crippen LogP contribution in [0.25, 0.3) is 0 Å². The first-order valence-electron chi connectivity index (χ1n) is 7.32. The second-order valence-electron chi connectivity index (χ2n) is 5.20. The maximum Gasteiger partial charge on any atom is 0.325 e. The van der Waals surface area contributed by atoms with Crippen LogP contribution in [0.5, 0.6) is 0 Å². The van der Waals surface area contributed by atoms with E-state index in [1.165, 1.54) is 12.1 Å². The van der Waals surface area contributed by atoms with Gasteiger partial charge in [-0.2, -0.15) is 0 Å². The number of hydrogen-bond acceptors (Lipinski definition) is 5. The fourth-order valence-corrected chi connectivity index (χ4v) is 2.00. The van der Waals surface area contributed by atoms with Gasteiger partial charge >= 0.3 is 5.97 Å². The van der Waals surface area contributed by atoms with E-state index in [1.54, 1.807) is 0 Å². The van der Waals surface area contributed by atoms with Crippen molar-refractivity contribution in [2.75, 3.05) is 6.54 Å². The molecular weight excluding hydrogens is 395 g/mol. The minimum atomic E-state index is -2.35. The smallest absolute Gasteiger partial charge is 0.325 e. The molecule has 0 aliphatic carbocycles. The lowest BCUT2D eigenvalue weighted by Gasteiger charge is -2.10. The van der Waals surface area contributed by atoms with E-state index < -0.39 is 64.6 Å². The SMILES string of the molecule is O=C(CNC(=O)c1cccc([N+](=O)[O-])c1)OCc1c(F)c(F)c(F)c(F)c1F. The van der Waals surface area contributed by atoms with Gasteiger partial charge in [0.15, 0.2) is 23.3 Å². The summed E-state index contributed by atoms with van der Waals surface area (Å²) in [5.74, 6) is -13.2. The molecule has 0 bridgehead atoms. The quantitative estimate of drug-likeness (QED) is 0.199. The van der Waals surface area contributed by atoms with Crippen molar-refractivity contribution >= 4 is 17.6 Å². The standard InChI is InChI=1S/C16H9F5N2O5/c17-11-9(12(18)14(20)15(21)13(11)19)6-28-10(24)5-22-16(25)7-2-1-3-8(4-7)23(26)27/h1-4H,5-6H2,(H,22,25). The van der Waals surface area contributed by atoms with Crippen molar-refractivity contribution in [3.8, 4) is 0 Å². The third kappa shape index (κ3) is 4.39. The van der Waals surface area contributed by atoms with E-state index >= 15 is 0 Å². The summed E-state index contributed by atoms with van der Waals surface area (Å²) in [4.78, 5) is 33.3. The summed E-state index contributed by atoms with van der Waals surface area (Å²) in [5, 5.41) is 12.7. The number of benzene rings is 2. The molecule has 0 saturated heterocycles. The van der Waals surface area contributed by atoms with Crippen molar-refractivity contribution < 1.29 is 41.2 Å². The summed E-state index contributed by atoms with van der Waals surface area (Å²) in [6.45, 7) is -2.09. The Morgan fingerprint density at radius 3 is 2.14 bits per heavy atom. The van der Waals surface area contributed by atoms with E-state index in [0.29, 0.717) is 0 Å². The molecule has 1 N–H and O–H groups in total. The van der Waals surface area contributed by atoms with E-state index in [0.717, 1.165) is 12.1 Å². The Balaban J connectivity index is 1.98. The predicted molar refractivity (Wildman–Crippen MR) is 81.5 cm³/mol. The number of halogens is 5. The predicted octanol–water partition coefficient (Wildman–Crippen LogP) is 2.76. The number of nitrogens with zero attached hydrogens (tertiary/aromatic N) is 1. The fourth-order valence-electron chi connectivity index (χ4n) is 2.00. The summed E-state index contributed by atoms with van der Waals surface area (Å²) in [6, 6.07) is 4.53. The van der Waals surface area contributed by atoms with Crippen molar-refractivity contribution in [3.63, 3.8) is 0 Å². The number of rotatable bonds is 6. The molecule has 0 aromatic heterocycles. The number of nitrogens with one attached hydrogen (secondary N) is 1. The molecule has 0 saturated carbocycles. The van der Waals surface area contributed by atoms with Gasteiger partial charge in [-0.05, 0) is 6.07 Å². The lowest BCUT2D eigenvalue weighted by molar-refractivity contribution is -0.384. The Kier molecular flexibility index (Phi) is 6.23. The highest BCUT2D eigenvalue weighted by atomic mass is 19.2. The molecule has 1 amide bonds. The number of hydrogen-bond donors (Lipinski definition) is 1. The average molecular weight is 404 g/mol. The molecule has 0 unspecified atom stereocenters. The van der Waals surface area contributed by atoms with Crippen molar-refractivity contribution in [2.45, 2.75) is 6.61 Å². The van der Waals surface area contributed by atoms with E-state index in [4.69, 9.17) is 0 Å². The minimum absolute atomic E-state index is 0.151. The van der Waals surface area contributed by atoms with Gasteiger partial charge in [0.05, 0.1) is 10.5 Å². The topological polar surface area (TPSA) is 98.5 Å². The summed E-state index contributed by atoms with van der Waals surface area (Å²) in [6.07, 6.45) is 0. The van der Waals surface area contributed by atoms with Crippen LogP contribution in [0.4, 0.5) is 27.6 Å². The lowest BCUT2D eigenvalue weighted by Crippen LogP contribution is -2.30. The van der Waals surface area contributed by atoms with Gasteiger partial charge in [0.25, 0.3) is 11.6 Å². The third-order valence-electron chi connectivity index (χ3n) is 3.39. The first-order valence-corrected chi connectivity index (χ1v) is 7.32. The highest BCUT2D eigenvalue weighted by Crippen LogP contribution is 2.23. The zero-order chi connectivity index (χ0) is 21.0. The molecule has 0 spiro atoms. The Morgan fingerprint density at radius 1 is 1.00 bits per heavy atom. The van der Waals surface area contributed by atoms with Crippen molar-refractivity contribution in [1.29, 1.82) is 0 Å². The normalized spacial score (nSPS) is 10.5. The fraction of sp³-hybridized carbons (Fsp3) is 0.125. The lowest BCUT2D eigenvalue weighted by atomic mass is 10.2. The van der Waals surface area contributed by atoms with Crippen LogP contribution in [0.15, 0.2) is 24.3 Å². The first kappa shape index (κ1) is 20.7. The van der Waals surface area contributed by atoms with Crippen LogP contribution in [-0.4, -0.2) is 23.3 Å². The van der Waals surface area contributed by atoms with E-state index in [2.05, 4.69) is 4.74 Å². The molecule has 0 aliphatic heterocycles. The van der Waals surface area contributed by atoms with Crippen molar-refractivity contribution in [1.82, 2.24) is 5.32 Å². The number of non-ortho nitro benzene ring substituents is 1. The van der Waals surface area contributed by atoms with Gasteiger partial charge in [-0.1, -0.05) is 6.07 Å². The molecule has 28 heavy (non-hydrogen) atoms. The molecule has 0 fully saturated rings. The maximum atomic E-state index is 13.5. The highest BCUT2D eigenvalue weighted by Gasteiger charge is 2.26. The molecule has 0 radical (unpaired) electrons. The molecule has 2 aromatic carbocycles. The molecule has 12 heteroatoms. The Labute approximate surface area is 152 Å². The molecule has 2 aromatic rings. The number of esters is 1. The summed E-state index contributed by atoms with van der Waals surface area (Å²) in [5.41, 5.74) is -1.88. The monoisotopic (exact) mass is 404 g/mol. The van der Waals surface area contributed by atoms with E-state index in [-0.39, 0.29) is 11.3 Å². The molecule has 0 aliphatic rings. The number of carbonyl (C=O) groups excluding carboxylic acids is 2. The zero-order valence-electron chi connectivity index (χ0n) is 13.6. The number of nitro benzene ring substituents is 1. The van der Waals surface area contributed by atoms with E-state index in [1.807, 2.05) is 5.32 Å². The molecule has 148 valence electrons. The molecule has 2 rings (SSSR count). The number of amides is 1. The average Bonchev–Trinajstić information content (AvgIpc) is 2.69. The Bertz CT molecular complexity index is 938. The maximum absolute atomic E-state index is 13.5. The van der Waals surface area contributed by atoms with Crippen LogP contribution < -0.4 is 5.32 Å². The number of carbonyl (C=O) groups is 2. The van der Waals surface area contributed by atoms with Gasteiger partial charge in [0.2, 0.25) is 5.82 Å². The van der Waals surface area contributed by atoms with Crippen LogP contribution in [0.3, 0.4) is 0 Å². The second-order valence-corrected chi connectivity index (χ2v) is 5.20. The number of nitro groups is 1. The highest BCUT2D eigenvalue weighted by molar-refractivity contribution is 5.96. The Hall–Kier alpha value is -3.57. The summed E-state index contributed by atoms with van der Waals surface area (Å²) >= 11 is 0. The summed E-state index contributed by atoms with van der Waals surface area (Å²) < 4.78 is 70.3. The van der Waals surface area contributed by atoms with Gasteiger partial charge in [-0.15, -0.1) is 0 Å². The van der Waals surface area contributed by atoms with Crippen LogP contribution in [-0.2, 0) is 16.1 Å².